The molecule has 10 rings (SSSR count). The summed E-state index contributed by atoms with van der Waals surface area (Å²) in [5, 5.41) is 19.4. The quantitative estimate of drug-likeness (QED) is 0.0133. The maximum absolute atomic E-state index is 14.7. The lowest BCUT2D eigenvalue weighted by Gasteiger charge is -2.27. The van der Waals surface area contributed by atoms with Gasteiger partial charge in [-0.3, -0.25) is 0 Å². The molecule has 6 amide bonds. The van der Waals surface area contributed by atoms with Gasteiger partial charge in [-0.25, -0.2) is 14.4 Å². The fraction of sp³-hybridized carbons (Fsp3) is 0.486. The van der Waals surface area contributed by atoms with E-state index in [0.29, 0.717) is 110 Å². The second-order valence-electron chi connectivity index (χ2n) is 38.3. The minimum absolute atomic E-state index is 0.337. The molecule has 0 saturated heterocycles. The topological polar surface area (TPSA) is 179 Å². The van der Waals surface area contributed by atoms with Crippen molar-refractivity contribution in [3.8, 4) is 34.5 Å². The molecular weight excluding hydrogens is 1660 g/mol. The fourth-order valence-corrected chi connectivity index (χ4v) is 18.2. The Morgan fingerprint density at radius 2 is 0.411 bits per heavy atom. The summed E-state index contributed by atoms with van der Waals surface area (Å²) in [5.41, 5.74) is 16.6. The zero-order valence-corrected chi connectivity index (χ0v) is 82.4. The predicted molar refractivity (Wildman–Crippen MR) is 551 cm³/mol. The Balaban J connectivity index is 1.26. The fourth-order valence-electron chi connectivity index (χ4n) is 17.5. The van der Waals surface area contributed by atoms with Gasteiger partial charge < -0.3 is 60.3 Å². The molecule has 12 bridgehead atoms. The van der Waals surface area contributed by atoms with Crippen molar-refractivity contribution in [2.24, 2.45) is 0 Å². The molecule has 0 saturated carbocycles. The zero-order chi connectivity index (χ0) is 92.0. The summed E-state index contributed by atoms with van der Waals surface area (Å²) in [6.45, 7) is 21.7. The Kier molecular flexibility index (Phi) is 41.5. The zero-order valence-electron chi connectivity index (χ0n) is 79.7. The first-order valence-electron chi connectivity index (χ1n) is 48.0. The first-order chi connectivity index (χ1) is 62.3. The number of unbranched alkanes of at least 4 members (excludes halogenated alkanes) is 24. The third-order valence-electron chi connectivity index (χ3n) is 24.5. The van der Waals surface area contributed by atoms with Crippen molar-refractivity contribution in [1.29, 1.82) is 0 Å². The SMILES string of the molecule is COc1c2cc(C(C)(C)C)cc1Cc1cc(NC(=O)Nc3ccccc3)cc(c1OCCCCCCCCCCCS)Cc1cc(C(C)(C)C)cc(c1OC)Cc1cc(NC(=O)Nc3ccccc3)cc(c1OCCCCCCCCCCCS)Cc1cc(C(C)(C)C)cc(c1OC)Cc1cc(NC(=O)Nc3ccccc3)cc(c1OCCCCCCCCCCCS)C2. The Morgan fingerprint density at radius 3 is 0.589 bits per heavy atom. The van der Waals surface area contributed by atoms with E-state index < -0.39 is 18.1 Å². The van der Waals surface area contributed by atoms with E-state index in [4.69, 9.17) is 28.4 Å². The molecule has 129 heavy (non-hydrogen) atoms. The van der Waals surface area contributed by atoms with E-state index in [0.717, 1.165) is 214 Å². The van der Waals surface area contributed by atoms with Gasteiger partial charge in [0.2, 0.25) is 0 Å². The molecule has 9 aromatic carbocycles. The molecular formula is C111H150N6O9S3. The standard InChI is InChI=1S/C111H150N6O9S3/c1-109(2,3)91-67-79-61-85-73-97(115-106(118)112-94-49-37-34-38-50-94)75-87(103(85)124-55-43-28-22-16-13-19-25-31-46-58-127)63-81-69-92(110(4,5)6)71-83(101(81)122-11)65-89-77-99(117-108(120)114-96-53-41-36-42-54-96)78-90(105(89)126-57-45-30-24-18-15-21-27-33-48-60-129)66-84-72-93(111(7,8)9)70-82(102(84)123-12)64-88-76-98(116-107(119)113-95-51-39-35-40-52-95)74-86(62-80(68-91)100(79)121-10)104(88)125-56-44-29-23-17-14-20-26-32-47-59-128/h34-42,49-54,67-78,127-129H,13-33,43-48,55-66H2,1-12H3,(H2,112,115,118)(H2,113,116,119)(H2,114,117,120). The van der Waals surface area contributed by atoms with Gasteiger partial charge in [0.05, 0.1) is 41.2 Å². The number of fused-ring (bicyclic) bond motifs is 12. The third-order valence-corrected chi connectivity index (χ3v) is 25.4. The van der Waals surface area contributed by atoms with Crippen molar-refractivity contribution in [2.45, 2.75) is 290 Å². The van der Waals surface area contributed by atoms with E-state index >= 15 is 0 Å². The summed E-state index contributed by atoms with van der Waals surface area (Å²) in [4.78, 5) is 44.2. The van der Waals surface area contributed by atoms with Crippen molar-refractivity contribution in [2.75, 3.05) is 90.3 Å². The van der Waals surface area contributed by atoms with Gasteiger partial charge in [0.1, 0.15) is 34.5 Å². The first-order valence-corrected chi connectivity index (χ1v) is 49.9. The minimum Gasteiger partial charge on any atom is -0.496 e. The molecule has 1 aliphatic carbocycles. The summed E-state index contributed by atoms with van der Waals surface area (Å²) in [6.07, 6.45) is 32.4. The van der Waals surface area contributed by atoms with Crippen LogP contribution in [0.15, 0.2) is 164 Å². The number of urea groups is 3. The predicted octanol–water partition coefficient (Wildman–Crippen LogP) is 29.9. The monoisotopic (exact) mass is 1810 g/mol. The summed E-state index contributed by atoms with van der Waals surface area (Å²) >= 11 is 13.4. The number of anilines is 6. The van der Waals surface area contributed by atoms with Crippen LogP contribution in [-0.4, -0.2) is 76.5 Å². The number of thiol groups is 3. The van der Waals surface area contributed by atoms with Crippen LogP contribution in [0.1, 0.15) is 319 Å². The summed E-state index contributed by atoms with van der Waals surface area (Å²) in [5.74, 6) is 7.05. The number of carbonyl (C=O) groups is 3. The van der Waals surface area contributed by atoms with Crippen molar-refractivity contribution in [1.82, 2.24) is 0 Å². The van der Waals surface area contributed by atoms with Crippen LogP contribution in [0.4, 0.5) is 48.5 Å². The van der Waals surface area contributed by atoms with Gasteiger partial charge in [-0.2, -0.15) is 37.9 Å². The largest absolute Gasteiger partial charge is 0.496 e. The van der Waals surface area contributed by atoms with E-state index in [1.165, 1.54) is 77.0 Å². The van der Waals surface area contributed by atoms with Crippen LogP contribution in [0.2, 0.25) is 0 Å². The molecule has 0 spiro atoms. The van der Waals surface area contributed by atoms with Crippen molar-refractivity contribution < 1.29 is 42.8 Å². The van der Waals surface area contributed by atoms with E-state index in [-0.39, 0.29) is 16.2 Å². The number of para-hydroxylation sites is 3. The molecule has 0 aliphatic heterocycles. The highest BCUT2D eigenvalue weighted by molar-refractivity contribution is 7.80. The average Bonchev–Trinajstić information content (AvgIpc) is 0.770. The molecule has 0 atom stereocenters. The van der Waals surface area contributed by atoms with Gasteiger partial charge in [-0.15, -0.1) is 0 Å². The number of hydrogen-bond donors (Lipinski definition) is 9. The van der Waals surface area contributed by atoms with E-state index in [1.54, 1.807) is 21.3 Å². The second-order valence-corrected chi connectivity index (χ2v) is 39.6. The third kappa shape index (κ3) is 32.9. The number of ether oxygens (including phenoxy) is 6. The lowest BCUT2D eigenvalue weighted by Crippen LogP contribution is -2.20. The molecule has 0 radical (unpaired) electrons. The molecule has 9 aromatic rings. The average molecular weight is 1810 g/mol. The van der Waals surface area contributed by atoms with E-state index in [9.17, 15) is 14.4 Å². The number of hydrogen-bond acceptors (Lipinski definition) is 12. The van der Waals surface area contributed by atoms with Gasteiger partial charge >= 0.3 is 18.1 Å². The summed E-state index contributed by atoms with van der Waals surface area (Å²) in [7, 11) is 5.30. The highest BCUT2D eigenvalue weighted by Gasteiger charge is 2.31. The van der Waals surface area contributed by atoms with Crippen LogP contribution in [-0.2, 0) is 54.8 Å². The number of amides is 6. The Hall–Kier alpha value is -9.36. The van der Waals surface area contributed by atoms with Gasteiger partial charge in [-0.05, 0) is 195 Å². The molecule has 0 unspecified atom stereocenters. The maximum atomic E-state index is 14.7. The lowest BCUT2D eigenvalue weighted by atomic mass is 9.81. The number of methoxy groups -OCH3 is 3. The van der Waals surface area contributed by atoms with Gasteiger partial charge in [0.25, 0.3) is 0 Å². The summed E-state index contributed by atoms with van der Waals surface area (Å²) < 4.78 is 43.3. The first kappa shape index (κ1) is 102. The molecule has 15 nitrogen and oxygen atoms in total. The molecule has 6 N–H and O–H groups in total. The highest BCUT2D eigenvalue weighted by Crippen LogP contribution is 2.46. The second kappa shape index (κ2) is 52.6. The van der Waals surface area contributed by atoms with Crippen molar-refractivity contribution in [3.63, 3.8) is 0 Å². The molecule has 1 aliphatic rings. The van der Waals surface area contributed by atoms with Gasteiger partial charge in [0, 0.05) is 106 Å². The van der Waals surface area contributed by atoms with Crippen LogP contribution >= 0.6 is 37.9 Å². The van der Waals surface area contributed by atoms with Gasteiger partial charge in [-0.1, -0.05) is 288 Å². The highest BCUT2D eigenvalue weighted by atomic mass is 32.1. The van der Waals surface area contributed by atoms with Crippen LogP contribution in [0, 0.1) is 0 Å². The van der Waals surface area contributed by atoms with E-state index in [1.807, 2.05) is 91.0 Å². The normalized spacial score (nSPS) is 12.3. The van der Waals surface area contributed by atoms with Crippen LogP contribution in [0.5, 0.6) is 34.5 Å². The lowest BCUT2D eigenvalue weighted by molar-refractivity contribution is 0.261. The van der Waals surface area contributed by atoms with Crippen LogP contribution < -0.4 is 60.3 Å². The smallest absolute Gasteiger partial charge is 0.323 e. The number of nitrogens with one attached hydrogen (secondary N) is 6. The Morgan fingerprint density at radius 1 is 0.240 bits per heavy atom. The number of benzene rings is 9. The maximum Gasteiger partial charge on any atom is 0.323 e. The molecule has 0 fully saturated rings. The van der Waals surface area contributed by atoms with Crippen LogP contribution in [0.25, 0.3) is 0 Å². The van der Waals surface area contributed by atoms with E-state index in [2.05, 4.69) is 205 Å². The molecule has 18 heteroatoms. The molecule has 696 valence electrons. The number of carbonyl (C=O) groups excluding carboxylic acids is 3. The van der Waals surface area contributed by atoms with Gasteiger partial charge in [0.15, 0.2) is 0 Å². The summed E-state index contributed by atoms with van der Waals surface area (Å²) in [6, 6.07) is 53.6. The Bertz CT molecular complexity index is 4350. The molecule has 0 aromatic heterocycles. The Labute approximate surface area is 790 Å². The van der Waals surface area contributed by atoms with Crippen molar-refractivity contribution >= 4 is 90.1 Å². The van der Waals surface area contributed by atoms with Crippen molar-refractivity contribution in [3.05, 3.63) is 247 Å². The minimum atomic E-state index is -0.395. The number of rotatable bonds is 45. The van der Waals surface area contributed by atoms with Crippen LogP contribution in [0.3, 0.4) is 0 Å². The molecule has 0 heterocycles.